The molecule has 0 aliphatic carbocycles. The standard InChI is InChI=1S/C16H13F3N2O/c1-9-3-4-10(2)21(9)11-5-6-14-12(7-11)13(16(17,18)19)8-15(22)20-14/h3-8H,1-2H3,(H,20,22). The van der Waals surface area contributed by atoms with Gasteiger partial charge in [-0.2, -0.15) is 13.2 Å². The largest absolute Gasteiger partial charge is 0.417 e. The SMILES string of the molecule is Cc1ccc(C)n1-c1ccc2[nH]c(=O)cc(C(F)(F)F)c2c1. The van der Waals surface area contributed by atoms with Crippen molar-refractivity contribution < 1.29 is 13.2 Å². The summed E-state index contributed by atoms with van der Waals surface area (Å²) in [6.45, 7) is 3.77. The first-order chi connectivity index (χ1) is 10.3. The molecule has 3 aromatic rings. The van der Waals surface area contributed by atoms with E-state index < -0.39 is 17.3 Å². The summed E-state index contributed by atoms with van der Waals surface area (Å²) < 4.78 is 41.4. The van der Waals surface area contributed by atoms with E-state index in [2.05, 4.69) is 4.98 Å². The van der Waals surface area contributed by atoms with Crippen LogP contribution in [0.25, 0.3) is 16.6 Å². The zero-order valence-electron chi connectivity index (χ0n) is 12.0. The monoisotopic (exact) mass is 306 g/mol. The highest BCUT2D eigenvalue weighted by Crippen LogP contribution is 2.34. The second kappa shape index (κ2) is 4.76. The summed E-state index contributed by atoms with van der Waals surface area (Å²) in [5.41, 5.74) is 0.970. The quantitative estimate of drug-likeness (QED) is 0.726. The molecule has 1 N–H and O–H groups in total. The van der Waals surface area contributed by atoms with Gasteiger partial charge in [-0.1, -0.05) is 0 Å². The van der Waals surface area contributed by atoms with Crippen LogP contribution in [0.3, 0.4) is 0 Å². The van der Waals surface area contributed by atoms with Crippen molar-refractivity contribution in [3.8, 4) is 5.69 Å². The predicted molar refractivity (Wildman–Crippen MR) is 78.4 cm³/mol. The molecule has 22 heavy (non-hydrogen) atoms. The molecule has 6 heteroatoms. The van der Waals surface area contributed by atoms with E-state index in [9.17, 15) is 18.0 Å². The van der Waals surface area contributed by atoms with E-state index in [4.69, 9.17) is 0 Å². The topological polar surface area (TPSA) is 37.8 Å². The highest BCUT2D eigenvalue weighted by atomic mass is 19.4. The van der Waals surface area contributed by atoms with Crippen molar-refractivity contribution in [1.29, 1.82) is 0 Å². The summed E-state index contributed by atoms with van der Waals surface area (Å²) in [5.74, 6) is 0. The van der Waals surface area contributed by atoms with E-state index in [0.717, 1.165) is 11.4 Å². The molecule has 3 rings (SSSR count). The predicted octanol–water partition coefficient (Wildman–Crippen LogP) is 3.95. The molecule has 0 radical (unpaired) electrons. The minimum absolute atomic E-state index is 0.0166. The lowest BCUT2D eigenvalue weighted by Gasteiger charge is -2.13. The molecule has 1 aromatic carbocycles. The summed E-state index contributed by atoms with van der Waals surface area (Å²) in [7, 11) is 0. The first-order valence-corrected chi connectivity index (χ1v) is 6.67. The van der Waals surface area contributed by atoms with Crippen LogP contribution in [0.4, 0.5) is 13.2 Å². The summed E-state index contributed by atoms with van der Waals surface area (Å²) in [6.07, 6.45) is -4.58. The molecule has 0 aliphatic rings. The van der Waals surface area contributed by atoms with E-state index in [0.29, 0.717) is 11.8 Å². The second-order valence-electron chi connectivity index (χ2n) is 5.23. The molecule has 0 aliphatic heterocycles. The van der Waals surface area contributed by atoms with Crippen LogP contribution in [0.5, 0.6) is 0 Å². The number of hydrogen-bond donors (Lipinski definition) is 1. The Morgan fingerprint density at radius 1 is 1.00 bits per heavy atom. The Labute approximate surface area is 124 Å². The van der Waals surface area contributed by atoms with Gasteiger partial charge in [-0.05, 0) is 44.2 Å². The summed E-state index contributed by atoms with van der Waals surface area (Å²) in [4.78, 5) is 13.9. The van der Waals surface area contributed by atoms with Crippen LogP contribution < -0.4 is 5.56 Å². The molecular weight excluding hydrogens is 293 g/mol. The van der Waals surface area contributed by atoms with Crippen LogP contribution in [-0.2, 0) is 6.18 Å². The molecular formula is C16H13F3N2O. The summed E-state index contributed by atoms with van der Waals surface area (Å²) >= 11 is 0. The van der Waals surface area contributed by atoms with Gasteiger partial charge in [0.15, 0.2) is 0 Å². The number of hydrogen-bond acceptors (Lipinski definition) is 1. The Kier molecular flexibility index (Phi) is 3.12. The van der Waals surface area contributed by atoms with Gasteiger partial charge in [-0.15, -0.1) is 0 Å². The molecule has 0 unspecified atom stereocenters. The van der Waals surface area contributed by atoms with E-state index in [1.807, 2.05) is 30.5 Å². The van der Waals surface area contributed by atoms with Crippen LogP contribution in [0, 0.1) is 13.8 Å². The number of halogens is 3. The smallest absolute Gasteiger partial charge is 0.322 e. The third-order valence-corrected chi connectivity index (χ3v) is 3.66. The van der Waals surface area contributed by atoms with Gasteiger partial charge in [-0.25, -0.2) is 0 Å². The number of aromatic nitrogens is 2. The van der Waals surface area contributed by atoms with Gasteiger partial charge < -0.3 is 9.55 Å². The van der Waals surface area contributed by atoms with Gasteiger partial charge in [0, 0.05) is 34.0 Å². The van der Waals surface area contributed by atoms with Gasteiger partial charge in [-0.3, -0.25) is 4.79 Å². The number of benzene rings is 1. The molecule has 0 atom stereocenters. The third kappa shape index (κ3) is 2.30. The number of nitrogens with zero attached hydrogens (tertiary/aromatic N) is 1. The number of fused-ring (bicyclic) bond motifs is 1. The maximum absolute atomic E-state index is 13.2. The first kappa shape index (κ1) is 14.4. The Morgan fingerprint density at radius 2 is 1.64 bits per heavy atom. The second-order valence-corrected chi connectivity index (χ2v) is 5.23. The number of pyridine rings is 1. The van der Waals surface area contributed by atoms with Gasteiger partial charge in [0.1, 0.15) is 0 Å². The summed E-state index contributed by atoms with van der Waals surface area (Å²) in [6, 6.07) is 9.04. The number of nitrogens with one attached hydrogen (secondary N) is 1. The average Bonchev–Trinajstić information content (AvgIpc) is 2.76. The first-order valence-electron chi connectivity index (χ1n) is 6.67. The molecule has 0 bridgehead atoms. The van der Waals surface area contributed by atoms with Crippen LogP contribution >= 0.6 is 0 Å². The maximum atomic E-state index is 13.2. The van der Waals surface area contributed by atoms with Gasteiger partial charge in [0.25, 0.3) is 0 Å². The number of alkyl halides is 3. The number of aromatic amines is 1. The summed E-state index contributed by atoms with van der Waals surface area (Å²) in [5, 5.41) is -0.0166. The zero-order chi connectivity index (χ0) is 16.1. The van der Waals surface area contributed by atoms with Crippen LogP contribution in [0.1, 0.15) is 17.0 Å². The molecule has 0 fully saturated rings. The maximum Gasteiger partial charge on any atom is 0.417 e. The molecule has 2 heterocycles. The highest BCUT2D eigenvalue weighted by Gasteiger charge is 2.33. The molecule has 0 saturated carbocycles. The number of aryl methyl sites for hydroxylation is 2. The molecule has 0 saturated heterocycles. The van der Waals surface area contributed by atoms with Crippen molar-refractivity contribution in [3.63, 3.8) is 0 Å². The lowest BCUT2D eigenvalue weighted by atomic mass is 10.1. The van der Waals surface area contributed by atoms with Crippen molar-refractivity contribution in [2.45, 2.75) is 20.0 Å². The Morgan fingerprint density at radius 3 is 2.23 bits per heavy atom. The van der Waals surface area contributed by atoms with Crippen molar-refractivity contribution in [3.05, 3.63) is 63.7 Å². The molecule has 0 spiro atoms. The van der Waals surface area contributed by atoms with Crippen LogP contribution in [-0.4, -0.2) is 9.55 Å². The van der Waals surface area contributed by atoms with Crippen LogP contribution in [0.15, 0.2) is 41.2 Å². The lowest BCUT2D eigenvalue weighted by Crippen LogP contribution is -2.14. The van der Waals surface area contributed by atoms with Crippen molar-refractivity contribution in [1.82, 2.24) is 9.55 Å². The minimum atomic E-state index is -4.58. The van der Waals surface area contributed by atoms with Crippen LogP contribution in [0.2, 0.25) is 0 Å². The van der Waals surface area contributed by atoms with E-state index in [1.54, 1.807) is 6.07 Å². The van der Waals surface area contributed by atoms with Gasteiger partial charge >= 0.3 is 6.18 Å². The fourth-order valence-electron chi connectivity index (χ4n) is 2.69. The van der Waals surface area contributed by atoms with Crippen molar-refractivity contribution >= 4 is 10.9 Å². The Bertz CT molecular complexity index is 900. The van der Waals surface area contributed by atoms with Gasteiger partial charge in [0.2, 0.25) is 5.56 Å². The highest BCUT2D eigenvalue weighted by molar-refractivity contribution is 5.84. The average molecular weight is 306 g/mol. The van der Waals surface area contributed by atoms with E-state index in [-0.39, 0.29) is 10.9 Å². The van der Waals surface area contributed by atoms with E-state index >= 15 is 0 Å². The molecule has 0 amide bonds. The van der Waals surface area contributed by atoms with Crippen molar-refractivity contribution in [2.75, 3.05) is 0 Å². The number of rotatable bonds is 1. The molecule has 3 nitrogen and oxygen atoms in total. The normalized spacial score (nSPS) is 12.0. The molecule has 114 valence electrons. The fraction of sp³-hybridized carbons (Fsp3) is 0.188. The fourth-order valence-corrected chi connectivity index (χ4v) is 2.69. The lowest BCUT2D eigenvalue weighted by molar-refractivity contribution is -0.136. The third-order valence-electron chi connectivity index (χ3n) is 3.66. The Balaban J connectivity index is 2.34. The van der Waals surface area contributed by atoms with Crippen molar-refractivity contribution in [2.24, 2.45) is 0 Å². The molecule has 2 aromatic heterocycles. The van der Waals surface area contributed by atoms with Gasteiger partial charge in [0.05, 0.1) is 5.56 Å². The number of H-pyrrole nitrogens is 1. The Hall–Kier alpha value is -2.50. The van der Waals surface area contributed by atoms with E-state index in [1.165, 1.54) is 12.1 Å². The minimum Gasteiger partial charge on any atom is -0.322 e. The zero-order valence-corrected chi connectivity index (χ0v) is 12.0.